The van der Waals surface area contributed by atoms with Crippen molar-refractivity contribution in [2.45, 2.75) is 40.0 Å². The van der Waals surface area contributed by atoms with Crippen molar-refractivity contribution in [1.29, 1.82) is 5.26 Å². The quantitative estimate of drug-likeness (QED) is 0.355. The largest absolute Gasteiger partial charge is 0.355 e. The van der Waals surface area contributed by atoms with E-state index in [2.05, 4.69) is 89.6 Å². The van der Waals surface area contributed by atoms with Gasteiger partial charge in [-0.05, 0) is 60.9 Å². The maximum Gasteiger partial charge on any atom is 0.157 e. The van der Waals surface area contributed by atoms with Gasteiger partial charge in [-0.1, -0.05) is 56.3 Å². The summed E-state index contributed by atoms with van der Waals surface area (Å²) in [5.74, 6) is 1.85. The Balaban J connectivity index is 1.51. The van der Waals surface area contributed by atoms with Crippen LogP contribution in [0.15, 0.2) is 54.6 Å². The van der Waals surface area contributed by atoms with Crippen molar-refractivity contribution >= 4 is 22.5 Å². The number of hydrogen-bond donors (Lipinski definition) is 0. The van der Waals surface area contributed by atoms with Crippen LogP contribution >= 0.6 is 0 Å². The number of nitriles is 1. The summed E-state index contributed by atoms with van der Waals surface area (Å²) in [5.41, 5.74) is 7.35. The second-order valence-corrected chi connectivity index (χ2v) is 10.2. The van der Waals surface area contributed by atoms with Crippen LogP contribution < -0.4 is 4.90 Å². The van der Waals surface area contributed by atoms with Crippen molar-refractivity contribution in [1.82, 2.24) is 14.3 Å². The topological polar surface area (TPSA) is 47.6 Å². The third-order valence-corrected chi connectivity index (χ3v) is 7.41. The van der Waals surface area contributed by atoms with Gasteiger partial charge in [-0.25, -0.2) is 4.98 Å². The number of benzene rings is 2. The smallest absolute Gasteiger partial charge is 0.157 e. The molecule has 2 aromatic carbocycles. The van der Waals surface area contributed by atoms with Gasteiger partial charge in [0.25, 0.3) is 0 Å². The average Bonchev–Trinajstić information content (AvgIpc) is 3.26. The van der Waals surface area contributed by atoms with Crippen LogP contribution in [0.4, 0.5) is 5.82 Å². The van der Waals surface area contributed by atoms with E-state index >= 15 is 0 Å². The molecule has 0 N–H and O–H groups in total. The van der Waals surface area contributed by atoms with Crippen LogP contribution in [0.5, 0.6) is 0 Å². The molecule has 0 saturated carbocycles. The highest BCUT2D eigenvalue weighted by Crippen LogP contribution is 2.35. The van der Waals surface area contributed by atoms with Crippen molar-refractivity contribution in [3.8, 4) is 6.07 Å². The van der Waals surface area contributed by atoms with Crippen molar-refractivity contribution in [3.05, 3.63) is 76.9 Å². The SMILES string of the molecule is Cc1c(CCC(C)C)c(N2CCN(CCc3ccccc3)CC2)n2c(nc3ccccc32)c1C#N. The summed E-state index contributed by atoms with van der Waals surface area (Å²) in [7, 11) is 0. The van der Waals surface area contributed by atoms with Gasteiger partial charge in [0, 0.05) is 32.7 Å². The highest BCUT2D eigenvalue weighted by molar-refractivity contribution is 5.86. The lowest BCUT2D eigenvalue weighted by Crippen LogP contribution is -2.48. The zero-order chi connectivity index (χ0) is 24.4. The Morgan fingerprint density at radius 2 is 1.66 bits per heavy atom. The van der Waals surface area contributed by atoms with Gasteiger partial charge in [0.2, 0.25) is 0 Å². The third kappa shape index (κ3) is 4.63. The van der Waals surface area contributed by atoms with Gasteiger partial charge in [-0.15, -0.1) is 0 Å². The van der Waals surface area contributed by atoms with Crippen LogP contribution in [0.25, 0.3) is 16.7 Å². The second kappa shape index (κ2) is 10.1. The Hall–Kier alpha value is -3.36. The number of fused-ring (bicyclic) bond motifs is 3. The van der Waals surface area contributed by atoms with Crippen LogP contribution in [0.3, 0.4) is 0 Å². The van der Waals surface area contributed by atoms with Crippen LogP contribution in [0, 0.1) is 24.2 Å². The first-order valence-corrected chi connectivity index (χ1v) is 12.9. The molecule has 0 atom stereocenters. The molecule has 4 aromatic rings. The number of rotatable bonds is 7. The minimum atomic E-state index is 0.609. The first-order valence-electron chi connectivity index (χ1n) is 12.9. The number of hydrogen-bond acceptors (Lipinski definition) is 4. The van der Waals surface area contributed by atoms with E-state index in [0.29, 0.717) is 11.5 Å². The monoisotopic (exact) mass is 465 g/mol. The Morgan fingerprint density at radius 1 is 0.943 bits per heavy atom. The van der Waals surface area contributed by atoms with E-state index in [1.807, 2.05) is 6.07 Å². The predicted octanol–water partition coefficient (Wildman–Crippen LogP) is 5.62. The van der Waals surface area contributed by atoms with E-state index in [4.69, 9.17) is 4.98 Å². The average molecular weight is 466 g/mol. The Labute approximate surface area is 208 Å². The van der Waals surface area contributed by atoms with E-state index < -0.39 is 0 Å². The predicted molar refractivity (Wildman–Crippen MR) is 144 cm³/mol. The fourth-order valence-corrected chi connectivity index (χ4v) is 5.34. The molecule has 1 saturated heterocycles. The maximum absolute atomic E-state index is 10.1. The molecule has 0 bridgehead atoms. The summed E-state index contributed by atoms with van der Waals surface area (Å²) in [6.45, 7) is 11.8. The first-order chi connectivity index (χ1) is 17.1. The molecular formula is C30H35N5. The molecule has 5 heteroatoms. The van der Waals surface area contributed by atoms with Crippen molar-refractivity contribution < 1.29 is 0 Å². The zero-order valence-electron chi connectivity index (χ0n) is 21.2. The lowest BCUT2D eigenvalue weighted by atomic mass is 9.96. The van der Waals surface area contributed by atoms with E-state index in [9.17, 15) is 5.26 Å². The molecule has 1 aliphatic heterocycles. The van der Waals surface area contributed by atoms with Crippen molar-refractivity contribution in [2.75, 3.05) is 37.6 Å². The molecular weight excluding hydrogens is 430 g/mol. The molecule has 1 aliphatic rings. The number of piperazine rings is 1. The molecule has 0 radical (unpaired) electrons. The molecule has 2 aromatic heterocycles. The summed E-state index contributed by atoms with van der Waals surface area (Å²) in [6.07, 6.45) is 3.17. The van der Waals surface area contributed by atoms with Gasteiger partial charge in [-0.3, -0.25) is 9.30 Å². The minimum Gasteiger partial charge on any atom is -0.355 e. The summed E-state index contributed by atoms with van der Waals surface area (Å²) < 4.78 is 2.27. The van der Waals surface area contributed by atoms with Gasteiger partial charge in [0.15, 0.2) is 5.65 Å². The highest BCUT2D eigenvalue weighted by atomic mass is 15.3. The van der Waals surface area contributed by atoms with Crippen LogP contribution in [0.1, 0.15) is 42.5 Å². The molecule has 0 spiro atoms. The molecule has 0 unspecified atom stereocenters. The fraction of sp³-hybridized carbons (Fsp3) is 0.400. The molecule has 35 heavy (non-hydrogen) atoms. The molecule has 3 heterocycles. The third-order valence-electron chi connectivity index (χ3n) is 7.41. The number of aromatic nitrogens is 2. The maximum atomic E-state index is 10.1. The van der Waals surface area contributed by atoms with E-state index in [1.165, 1.54) is 16.9 Å². The number of nitrogens with zero attached hydrogens (tertiary/aromatic N) is 5. The lowest BCUT2D eigenvalue weighted by Gasteiger charge is -2.38. The standard InChI is InChI=1S/C30H35N5/c1-22(2)13-14-25-23(3)26(21-31)29-32-27-11-7-8-12-28(27)35(29)30(25)34-19-17-33(18-20-34)16-15-24-9-5-4-6-10-24/h4-12,22H,13-20H2,1-3H3. The summed E-state index contributed by atoms with van der Waals surface area (Å²) in [5, 5.41) is 10.1. The fourth-order valence-electron chi connectivity index (χ4n) is 5.34. The van der Waals surface area contributed by atoms with E-state index in [1.54, 1.807) is 0 Å². The first kappa shape index (κ1) is 23.4. The van der Waals surface area contributed by atoms with Crippen LogP contribution in [0.2, 0.25) is 0 Å². The molecule has 0 amide bonds. The summed E-state index contributed by atoms with van der Waals surface area (Å²) >= 11 is 0. The Morgan fingerprint density at radius 3 is 2.37 bits per heavy atom. The second-order valence-electron chi connectivity index (χ2n) is 10.2. The van der Waals surface area contributed by atoms with E-state index in [0.717, 1.165) is 74.2 Å². The van der Waals surface area contributed by atoms with Crippen LogP contribution in [-0.2, 0) is 12.8 Å². The van der Waals surface area contributed by atoms with Gasteiger partial charge >= 0.3 is 0 Å². The van der Waals surface area contributed by atoms with Gasteiger partial charge in [-0.2, -0.15) is 5.26 Å². The number of para-hydroxylation sites is 2. The number of pyridine rings is 1. The summed E-state index contributed by atoms with van der Waals surface area (Å²) in [6, 6.07) is 21.5. The van der Waals surface area contributed by atoms with Gasteiger partial charge in [0.05, 0.1) is 16.6 Å². The molecule has 180 valence electrons. The highest BCUT2D eigenvalue weighted by Gasteiger charge is 2.26. The summed E-state index contributed by atoms with van der Waals surface area (Å²) in [4.78, 5) is 10.0. The van der Waals surface area contributed by atoms with Crippen molar-refractivity contribution in [2.24, 2.45) is 5.92 Å². The molecule has 1 fully saturated rings. The number of imidazole rings is 1. The minimum absolute atomic E-state index is 0.609. The van der Waals surface area contributed by atoms with Gasteiger partial charge < -0.3 is 4.90 Å². The normalized spacial score (nSPS) is 14.8. The van der Waals surface area contributed by atoms with Gasteiger partial charge in [0.1, 0.15) is 11.9 Å². The Kier molecular flexibility index (Phi) is 6.74. The lowest BCUT2D eigenvalue weighted by molar-refractivity contribution is 0.260. The molecule has 5 nitrogen and oxygen atoms in total. The van der Waals surface area contributed by atoms with E-state index in [-0.39, 0.29) is 0 Å². The molecule has 5 rings (SSSR count). The zero-order valence-corrected chi connectivity index (χ0v) is 21.2. The van der Waals surface area contributed by atoms with Crippen molar-refractivity contribution in [3.63, 3.8) is 0 Å². The molecule has 0 aliphatic carbocycles. The van der Waals surface area contributed by atoms with Crippen LogP contribution in [-0.4, -0.2) is 47.0 Å². The Bertz CT molecular complexity index is 1350. The number of anilines is 1.